The first-order valence-electron chi connectivity index (χ1n) is 1.98. The number of aromatic nitrogens is 1. The van der Waals surface area contributed by atoms with Gasteiger partial charge in [-0.25, -0.2) is 4.98 Å². The van der Waals surface area contributed by atoms with Crippen molar-refractivity contribution in [3.05, 3.63) is 16.3 Å². The molecule has 0 aliphatic heterocycles. The highest BCUT2D eigenvalue weighted by atomic mass is 35.5. The van der Waals surface area contributed by atoms with Crippen LogP contribution in [0.3, 0.4) is 0 Å². The van der Waals surface area contributed by atoms with E-state index in [1.54, 1.807) is 6.92 Å². The zero-order valence-electron chi connectivity index (χ0n) is 4.11. The van der Waals surface area contributed by atoms with Gasteiger partial charge in [0, 0.05) is 0 Å². The highest BCUT2D eigenvalue weighted by Gasteiger charge is 2.01. The molecule has 2 nitrogen and oxygen atoms in total. The molecule has 44 valence electrons. The lowest BCUT2D eigenvalue weighted by Gasteiger charge is -1.73. The molecule has 0 atom stereocenters. The van der Waals surface area contributed by atoms with Gasteiger partial charge in [0.05, 0.1) is 5.69 Å². The second-order valence-electron chi connectivity index (χ2n) is 1.33. The molecule has 0 fully saturated rings. The van der Waals surface area contributed by atoms with Gasteiger partial charge in [0.25, 0.3) is 5.35 Å². The molecular weight excluding hydrogens is 149 g/mol. The molecule has 0 bridgehead atoms. The summed E-state index contributed by atoms with van der Waals surface area (Å²) in [5, 5.41) is 0.350. The third-order valence-electron chi connectivity index (χ3n) is 0.714. The Labute approximate surface area is 56.4 Å². The minimum absolute atomic E-state index is 0.0903. The largest absolute Gasteiger partial charge is 0.415 e. The van der Waals surface area contributed by atoms with Crippen molar-refractivity contribution in [3.8, 4) is 0 Å². The molecule has 1 rings (SSSR count). The normalized spacial score (nSPS) is 9.88. The van der Waals surface area contributed by atoms with Crippen LogP contribution < -0.4 is 0 Å². The standard InChI is InChI=1S/C4H3Cl2NO/c1-2-3(5)8-4(6)7-2/h1H3. The predicted octanol–water partition coefficient (Wildman–Crippen LogP) is 2.29. The Morgan fingerprint density at radius 3 is 2.25 bits per heavy atom. The summed E-state index contributed by atoms with van der Waals surface area (Å²) in [4.78, 5) is 3.68. The van der Waals surface area contributed by atoms with E-state index in [-0.39, 0.29) is 10.6 Å². The molecule has 0 aliphatic carbocycles. The maximum atomic E-state index is 5.42. The van der Waals surface area contributed by atoms with Gasteiger partial charge in [-0.15, -0.1) is 0 Å². The van der Waals surface area contributed by atoms with Crippen LogP contribution in [0.2, 0.25) is 10.6 Å². The van der Waals surface area contributed by atoms with Crippen LogP contribution in [0.5, 0.6) is 0 Å². The van der Waals surface area contributed by atoms with Gasteiger partial charge < -0.3 is 4.42 Å². The Morgan fingerprint density at radius 2 is 2.12 bits per heavy atom. The topological polar surface area (TPSA) is 26.0 Å². The molecule has 1 aromatic heterocycles. The highest BCUT2D eigenvalue weighted by Crippen LogP contribution is 2.18. The molecule has 1 aromatic rings. The average molecular weight is 152 g/mol. The zero-order valence-corrected chi connectivity index (χ0v) is 5.62. The number of halogens is 2. The summed E-state index contributed by atoms with van der Waals surface area (Å²) >= 11 is 10.7. The van der Waals surface area contributed by atoms with Crippen molar-refractivity contribution in [2.75, 3.05) is 0 Å². The van der Waals surface area contributed by atoms with Crippen LogP contribution in [0.4, 0.5) is 0 Å². The van der Waals surface area contributed by atoms with E-state index in [0.29, 0.717) is 5.69 Å². The number of rotatable bonds is 0. The van der Waals surface area contributed by atoms with E-state index in [2.05, 4.69) is 9.40 Å². The van der Waals surface area contributed by atoms with Gasteiger partial charge in [0.1, 0.15) is 0 Å². The van der Waals surface area contributed by atoms with Crippen LogP contribution in [0.1, 0.15) is 5.69 Å². The van der Waals surface area contributed by atoms with Crippen molar-refractivity contribution in [1.82, 2.24) is 4.98 Å². The number of oxazole rings is 1. The van der Waals surface area contributed by atoms with E-state index >= 15 is 0 Å². The quantitative estimate of drug-likeness (QED) is 0.569. The monoisotopic (exact) mass is 151 g/mol. The molecule has 0 saturated carbocycles. The molecule has 1 heterocycles. The van der Waals surface area contributed by atoms with Crippen molar-refractivity contribution in [2.45, 2.75) is 6.92 Å². The molecule has 4 heteroatoms. The molecule has 0 N–H and O–H groups in total. The maximum absolute atomic E-state index is 5.42. The van der Waals surface area contributed by atoms with Crippen molar-refractivity contribution < 1.29 is 4.42 Å². The number of aryl methyl sites for hydroxylation is 1. The smallest absolute Gasteiger partial charge is 0.293 e. The number of hydrogen-bond acceptors (Lipinski definition) is 2. The molecule has 0 aromatic carbocycles. The Morgan fingerprint density at radius 1 is 1.50 bits per heavy atom. The summed E-state index contributed by atoms with van der Waals surface area (Å²) in [6.07, 6.45) is 0. The summed E-state index contributed by atoms with van der Waals surface area (Å²) in [6.45, 7) is 1.72. The molecule has 0 spiro atoms. The first-order chi connectivity index (χ1) is 3.70. The summed E-state index contributed by atoms with van der Waals surface area (Å²) < 4.78 is 4.63. The van der Waals surface area contributed by atoms with E-state index in [0.717, 1.165) is 0 Å². The van der Waals surface area contributed by atoms with E-state index in [9.17, 15) is 0 Å². The summed E-state index contributed by atoms with van der Waals surface area (Å²) in [7, 11) is 0. The minimum Gasteiger partial charge on any atom is -0.415 e. The second kappa shape index (κ2) is 1.96. The molecule has 0 amide bonds. The van der Waals surface area contributed by atoms with Gasteiger partial charge in [-0.2, -0.15) is 0 Å². The maximum Gasteiger partial charge on any atom is 0.293 e. The van der Waals surface area contributed by atoms with E-state index in [1.807, 2.05) is 0 Å². The Bertz CT molecular complexity index is 176. The van der Waals surface area contributed by atoms with E-state index < -0.39 is 0 Å². The molecule has 0 radical (unpaired) electrons. The van der Waals surface area contributed by atoms with Crippen LogP contribution in [-0.2, 0) is 0 Å². The van der Waals surface area contributed by atoms with Crippen molar-refractivity contribution in [1.29, 1.82) is 0 Å². The lowest BCUT2D eigenvalue weighted by Crippen LogP contribution is -1.65. The average Bonchev–Trinajstić information content (AvgIpc) is 1.85. The molecular formula is C4H3Cl2NO. The third-order valence-corrected chi connectivity index (χ3v) is 1.23. The molecule has 0 unspecified atom stereocenters. The van der Waals surface area contributed by atoms with E-state index in [1.165, 1.54) is 0 Å². The fourth-order valence-electron chi connectivity index (χ4n) is 0.346. The van der Waals surface area contributed by atoms with Gasteiger partial charge in [0.15, 0.2) is 0 Å². The van der Waals surface area contributed by atoms with Crippen molar-refractivity contribution in [2.24, 2.45) is 0 Å². The lowest BCUT2D eigenvalue weighted by molar-refractivity contribution is 0.561. The van der Waals surface area contributed by atoms with Crippen molar-refractivity contribution in [3.63, 3.8) is 0 Å². The summed E-state index contributed by atoms with van der Waals surface area (Å²) in [5.74, 6) is 0. The Hall–Kier alpha value is -0.210. The fourth-order valence-corrected chi connectivity index (χ4v) is 0.705. The zero-order chi connectivity index (χ0) is 6.15. The first kappa shape index (κ1) is 5.92. The molecule has 0 saturated heterocycles. The molecule has 8 heavy (non-hydrogen) atoms. The highest BCUT2D eigenvalue weighted by molar-refractivity contribution is 6.31. The summed E-state index contributed by atoms with van der Waals surface area (Å²) in [6, 6.07) is 0. The SMILES string of the molecule is Cc1nc(Cl)oc1Cl. The van der Waals surface area contributed by atoms with Gasteiger partial charge in [-0.3, -0.25) is 0 Å². The molecule has 0 aliphatic rings. The van der Waals surface area contributed by atoms with Crippen LogP contribution in [-0.4, -0.2) is 4.98 Å². The minimum atomic E-state index is 0.0903. The number of nitrogens with zero attached hydrogens (tertiary/aromatic N) is 1. The number of hydrogen-bond donors (Lipinski definition) is 0. The Kier molecular flexibility index (Phi) is 1.45. The predicted molar refractivity (Wildman–Crippen MR) is 31.3 cm³/mol. The van der Waals surface area contributed by atoms with Gasteiger partial charge in [-0.05, 0) is 30.1 Å². The van der Waals surface area contributed by atoms with Crippen LogP contribution in [0.15, 0.2) is 4.42 Å². The fraction of sp³-hybridized carbons (Fsp3) is 0.250. The Balaban J connectivity index is 3.14. The van der Waals surface area contributed by atoms with Gasteiger partial charge in [0.2, 0.25) is 5.22 Å². The van der Waals surface area contributed by atoms with E-state index in [4.69, 9.17) is 23.2 Å². The third kappa shape index (κ3) is 0.956. The van der Waals surface area contributed by atoms with Crippen LogP contribution in [0.25, 0.3) is 0 Å². The summed E-state index contributed by atoms with van der Waals surface area (Å²) in [5.41, 5.74) is 0.622. The second-order valence-corrected chi connectivity index (χ2v) is 1.99. The van der Waals surface area contributed by atoms with Crippen molar-refractivity contribution >= 4 is 23.2 Å². The van der Waals surface area contributed by atoms with Gasteiger partial charge in [-0.1, -0.05) is 0 Å². The first-order valence-corrected chi connectivity index (χ1v) is 2.74. The van der Waals surface area contributed by atoms with Crippen LogP contribution in [0, 0.1) is 6.92 Å². The lowest BCUT2D eigenvalue weighted by atomic mass is 10.6. The van der Waals surface area contributed by atoms with Crippen LogP contribution >= 0.6 is 23.2 Å². The van der Waals surface area contributed by atoms with Gasteiger partial charge >= 0.3 is 0 Å².